The van der Waals surface area contributed by atoms with Gasteiger partial charge in [0.15, 0.2) is 0 Å². The molecular formula is C12H21N3. The predicted octanol–water partition coefficient (Wildman–Crippen LogP) is 2.01. The zero-order valence-corrected chi connectivity index (χ0v) is 9.74. The van der Waals surface area contributed by atoms with Crippen molar-refractivity contribution in [1.29, 1.82) is 0 Å². The second-order valence-electron chi connectivity index (χ2n) is 4.74. The lowest BCUT2D eigenvalue weighted by molar-refractivity contribution is 0.498. The minimum Gasteiger partial charge on any atom is -0.332 e. The molecule has 84 valence electrons. The molecule has 2 heterocycles. The molecule has 1 unspecified atom stereocenters. The minimum atomic E-state index is 0.532. The van der Waals surface area contributed by atoms with E-state index in [9.17, 15) is 0 Å². The summed E-state index contributed by atoms with van der Waals surface area (Å²) in [5.74, 6) is 2.11. The fourth-order valence-electron chi connectivity index (χ4n) is 2.30. The van der Waals surface area contributed by atoms with Gasteiger partial charge in [-0.1, -0.05) is 0 Å². The van der Waals surface area contributed by atoms with Crippen LogP contribution in [-0.4, -0.2) is 22.6 Å². The Bertz CT molecular complexity index is 298. The molecule has 0 aliphatic carbocycles. The molecule has 0 amide bonds. The van der Waals surface area contributed by atoms with E-state index in [0.29, 0.717) is 6.04 Å². The van der Waals surface area contributed by atoms with Gasteiger partial charge in [-0.05, 0) is 45.7 Å². The van der Waals surface area contributed by atoms with Crippen molar-refractivity contribution in [2.45, 2.75) is 39.2 Å². The molecule has 1 aromatic rings. The van der Waals surface area contributed by atoms with E-state index in [2.05, 4.69) is 34.9 Å². The number of aromatic nitrogens is 2. The van der Waals surface area contributed by atoms with E-state index in [1.54, 1.807) is 0 Å². The van der Waals surface area contributed by atoms with Gasteiger partial charge >= 0.3 is 0 Å². The van der Waals surface area contributed by atoms with Crippen LogP contribution >= 0.6 is 0 Å². The molecule has 1 aliphatic rings. The SMILES string of the molecule is CC(C)n1ccnc1CCC1CCNC1. The molecule has 15 heavy (non-hydrogen) atoms. The Hall–Kier alpha value is -0.830. The highest BCUT2D eigenvalue weighted by atomic mass is 15.1. The Morgan fingerprint density at radius 3 is 3.13 bits per heavy atom. The smallest absolute Gasteiger partial charge is 0.108 e. The second kappa shape index (κ2) is 4.79. The number of hydrogen-bond donors (Lipinski definition) is 1. The van der Waals surface area contributed by atoms with Crippen molar-refractivity contribution < 1.29 is 0 Å². The van der Waals surface area contributed by atoms with E-state index in [1.807, 2.05) is 6.20 Å². The van der Waals surface area contributed by atoms with Gasteiger partial charge in [-0.3, -0.25) is 0 Å². The van der Waals surface area contributed by atoms with E-state index in [4.69, 9.17) is 0 Å². The lowest BCUT2D eigenvalue weighted by atomic mass is 10.0. The molecule has 0 spiro atoms. The number of rotatable bonds is 4. The number of aryl methyl sites for hydroxylation is 1. The number of imidazole rings is 1. The first-order valence-electron chi connectivity index (χ1n) is 6.00. The summed E-state index contributed by atoms with van der Waals surface area (Å²) in [5.41, 5.74) is 0. The first kappa shape index (κ1) is 10.7. The van der Waals surface area contributed by atoms with Crippen LogP contribution < -0.4 is 5.32 Å². The molecule has 1 aromatic heterocycles. The molecule has 1 aliphatic heterocycles. The summed E-state index contributed by atoms with van der Waals surface area (Å²) >= 11 is 0. The highest BCUT2D eigenvalue weighted by Gasteiger charge is 2.15. The van der Waals surface area contributed by atoms with E-state index < -0.39 is 0 Å². The molecule has 3 heteroatoms. The summed E-state index contributed by atoms with van der Waals surface area (Å²) in [6.45, 7) is 6.82. The summed E-state index contributed by atoms with van der Waals surface area (Å²) in [4.78, 5) is 4.44. The monoisotopic (exact) mass is 207 g/mol. The molecule has 1 fully saturated rings. The van der Waals surface area contributed by atoms with Crippen molar-refractivity contribution in [3.63, 3.8) is 0 Å². The summed E-state index contributed by atoms with van der Waals surface area (Å²) in [5, 5.41) is 3.41. The van der Waals surface area contributed by atoms with E-state index >= 15 is 0 Å². The molecule has 0 bridgehead atoms. The Labute approximate surface area is 91.9 Å². The topological polar surface area (TPSA) is 29.9 Å². The van der Waals surface area contributed by atoms with Gasteiger partial charge in [0, 0.05) is 24.9 Å². The van der Waals surface area contributed by atoms with Crippen LogP contribution in [0.3, 0.4) is 0 Å². The van der Waals surface area contributed by atoms with Crippen molar-refractivity contribution in [3.8, 4) is 0 Å². The summed E-state index contributed by atoms with van der Waals surface area (Å²) in [6, 6.07) is 0.532. The molecule has 3 nitrogen and oxygen atoms in total. The molecular weight excluding hydrogens is 186 g/mol. The third kappa shape index (κ3) is 2.59. The number of nitrogens with zero attached hydrogens (tertiary/aromatic N) is 2. The van der Waals surface area contributed by atoms with Gasteiger partial charge < -0.3 is 9.88 Å². The van der Waals surface area contributed by atoms with Crippen molar-refractivity contribution in [1.82, 2.24) is 14.9 Å². The maximum atomic E-state index is 4.44. The van der Waals surface area contributed by atoms with Crippen molar-refractivity contribution in [2.75, 3.05) is 13.1 Å². The minimum absolute atomic E-state index is 0.532. The Morgan fingerprint density at radius 1 is 1.60 bits per heavy atom. The highest BCUT2D eigenvalue weighted by Crippen LogP contribution is 2.16. The van der Waals surface area contributed by atoms with Crippen LogP contribution in [0, 0.1) is 5.92 Å². The molecule has 2 rings (SSSR count). The van der Waals surface area contributed by atoms with Crippen molar-refractivity contribution in [3.05, 3.63) is 18.2 Å². The van der Waals surface area contributed by atoms with Gasteiger partial charge in [0.1, 0.15) is 5.82 Å². The fraction of sp³-hybridized carbons (Fsp3) is 0.750. The lowest BCUT2D eigenvalue weighted by Crippen LogP contribution is -2.11. The highest BCUT2D eigenvalue weighted by molar-refractivity contribution is 4.95. The first-order chi connectivity index (χ1) is 7.27. The van der Waals surface area contributed by atoms with Crippen LogP contribution in [0.25, 0.3) is 0 Å². The van der Waals surface area contributed by atoms with Gasteiger partial charge in [0.05, 0.1) is 0 Å². The van der Waals surface area contributed by atoms with Gasteiger partial charge in [0.25, 0.3) is 0 Å². The number of nitrogens with one attached hydrogen (secondary N) is 1. The lowest BCUT2D eigenvalue weighted by Gasteiger charge is -2.12. The van der Waals surface area contributed by atoms with E-state index in [0.717, 1.165) is 12.3 Å². The van der Waals surface area contributed by atoms with Crippen molar-refractivity contribution >= 4 is 0 Å². The maximum Gasteiger partial charge on any atom is 0.108 e. The van der Waals surface area contributed by atoms with Gasteiger partial charge in [0.2, 0.25) is 0 Å². The summed E-state index contributed by atoms with van der Waals surface area (Å²) in [7, 11) is 0. The predicted molar refractivity (Wildman–Crippen MR) is 61.9 cm³/mol. The largest absolute Gasteiger partial charge is 0.332 e. The van der Waals surface area contributed by atoms with Crippen LogP contribution in [0.4, 0.5) is 0 Å². The maximum absolute atomic E-state index is 4.44. The van der Waals surface area contributed by atoms with Gasteiger partial charge in [-0.15, -0.1) is 0 Å². The zero-order valence-electron chi connectivity index (χ0n) is 9.74. The van der Waals surface area contributed by atoms with Crippen LogP contribution in [0.2, 0.25) is 0 Å². The zero-order chi connectivity index (χ0) is 10.7. The first-order valence-corrected chi connectivity index (χ1v) is 6.00. The third-order valence-corrected chi connectivity index (χ3v) is 3.24. The average Bonchev–Trinajstić information content (AvgIpc) is 2.86. The summed E-state index contributed by atoms with van der Waals surface area (Å²) in [6.07, 6.45) is 7.74. The van der Waals surface area contributed by atoms with Gasteiger partial charge in [-0.25, -0.2) is 4.98 Å². The van der Waals surface area contributed by atoms with Crippen LogP contribution in [0.15, 0.2) is 12.4 Å². The molecule has 1 atom stereocenters. The molecule has 0 aromatic carbocycles. The molecule has 0 radical (unpaired) electrons. The van der Waals surface area contributed by atoms with Crippen molar-refractivity contribution in [2.24, 2.45) is 5.92 Å². The van der Waals surface area contributed by atoms with E-state index in [-0.39, 0.29) is 0 Å². The van der Waals surface area contributed by atoms with E-state index in [1.165, 1.54) is 31.8 Å². The second-order valence-corrected chi connectivity index (χ2v) is 4.74. The molecule has 1 N–H and O–H groups in total. The Balaban J connectivity index is 1.89. The normalized spacial score (nSPS) is 21.4. The third-order valence-electron chi connectivity index (χ3n) is 3.24. The number of hydrogen-bond acceptors (Lipinski definition) is 2. The quantitative estimate of drug-likeness (QED) is 0.818. The Morgan fingerprint density at radius 2 is 2.47 bits per heavy atom. The molecule has 1 saturated heterocycles. The Kier molecular flexibility index (Phi) is 3.41. The van der Waals surface area contributed by atoms with Crippen LogP contribution in [0.5, 0.6) is 0 Å². The average molecular weight is 207 g/mol. The van der Waals surface area contributed by atoms with Gasteiger partial charge in [-0.2, -0.15) is 0 Å². The fourth-order valence-corrected chi connectivity index (χ4v) is 2.30. The summed E-state index contributed by atoms with van der Waals surface area (Å²) < 4.78 is 2.28. The standard InChI is InChI=1S/C12H21N3/c1-10(2)15-8-7-14-12(15)4-3-11-5-6-13-9-11/h7-8,10-11,13H,3-6,9H2,1-2H3. The molecule has 0 saturated carbocycles. The van der Waals surface area contributed by atoms with Crippen LogP contribution in [0.1, 0.15) is 38.6 Å². The van der Waals surface area contributed by atoms with Crippen LogP contribution in [-0.2, 0) is 6.42 Å².